The third-order valence-electron chi connectivity index (χ3n) is 4.77. The lowest BCUT2D eigenvalue weighted by Gasteiger charge is -2.21. The van der Waals surface area contributed by atoms with Crippen LogP contribution in [0.1, 0.15) is 13.3 Å². The van der Waals surface area contributed by atoms with Crippen molar-refractivity contribution < 1.29 is 4.92 Å². The maximum absolute atomic E-state index is 11.9. The van der Waals surface area contributed by atoms with Crippen LogP contribution in [0.5, 0.6) is 0 Å². The number of non-ortho nitro benzene ring substituents is 1. The number of likely N-dealkylation sites (N-methyl/N-ethyl adjacent to an activating group) is 1. The fraction of sp³-hybridized carbons (Fsp3) is 0.474. The first-order valence-electron chi connectivity index (χ1n) is 9.55. The molecule has 0 spiro atoms. The van der Waals surface area contributed by atoms with Gasteiger partial charge in [-0.3, -0.25) is 24.0 Å². The Morgan fingerprint density at radius 1 is 1.03 bits per heavy atom. The molecule has 166 valence electrons. The minimum Gasteiger partial charge on any atom is -0.385 e. The zero-order chi connectivity index (χ0) is 21.4. The second-order valence-electron chi connectivity index (χ2n) is 6.71. The first kappa shape index (κ1) is 25.2. The molecule has 0 saturated heterocycles. The molecule has 2 N–H and O–H groups in total. The molecule has 10 nitrogen and oxygen atoms in total. The maximum atomic E-state index is 11.9. The van der Waals surface area contributed by atoms with Gasteiger partial charge in [-0.05, 0) is 31.6 Å². The lowest BCUT2D eigenvalue weighted by atomic mass is 10.2. The van der Waals surface area contributed by atoms with Crippen LogP contribution in [0.15, 0.2) is 39.9 Å². The second-order valence-corrected chi connectivity index (χ2v) is 6.71. The van der Waals surface area contributed by atoms with Gasteiger partial charge in [-0.15, -0.1) is 12.4 Å². The Bertz CT molecular complexity index is 942. The summed E-state index contributed by atoms with van der Waals surface area (Å²) in [6, 6.07) is 7.79. The molecule has 0 aliphatic rings. The van der Waals surface area contributed by atoms with Gasteiger partial charge < -0.3 is 15.5 Å². The number of hydrogen-bond acceptors (Lipinski definition) is 7. The number of aromatic nitrogens is 2. The van der Waals surface area contributed by atoms with E-state index in [0.29, 0.717) is 12.4 Å². The number of nitrogens with zero attached hydrogens (tertiary/aromatic N) is 4. The molecule has 0 aliphatic heterocycles. The summed E-state index contributed by atoms with van der Waals surface area (Å²) in [4.78, 5) is 36.2. The first-order chi connectivity index (χ1) is 13.8. The third kappa shape index (κ3) is 6.89. The van der Waals surface area contributed by atoms with Crippen molar-refractivity contribution in [3.63, 3.8) is 0 Å². The highest BCUT2D eigenvalue weighted by Gasteiger charge is 2.07. The van der Waals surface area contributed by atoms with Gasteiger partial charge in [-0.25, -0.2) is 4.79 Å². The summed E-state index contributed by atoms with van der Waals surface area (Å²) in [5.41, 5.74) is 0.241. The fourth-order valence-corrected chi connectivity index (χ4v) is 2.91. The van der Waals surface area contributed by atoms with Crippen LogP contribution >= 0.6 is 12.4 Å². The Kier molecular flexibility index (Phi) is 10.1. The molecule has 0 fully saturated rings. The minimum atomic E-state index is -0.415. The molecule has 2 rings (SSSR count). The number of anilines is 2. The van der Waals surface area contributed by atoms with Crippen LogP contribution < -0.4 is 21.9 Å². The molecule has 0 radical (unpaired) electrons. The Morgan fingerprint density at radius 2 is 1.70 bits per heavy atom. The lowest BCUT2D eigenvalue weighted by molar-refractivity contribution is -0.384. The molecule has 1 aromatic heterocycles. The van der Waals surface area contributed by atoms with Crippen LogP contribution in [0.2, 0.25) is 0 Å². The summed E-state index contributed by atoms with van der Waals surface area (Å²) in [6.07, 6.45) is 0.912. The Hall–Kier alpha value is -2.85. The van der Waals surface area contributed by atoms with Crippen molar-refractivity contribution in [2.75, 3.05) is 43.4 Å². The van der Waals surface area contributed by atoms with E-state index < -0.39 is 4.92 Å². The van der Waals surface area contributed by atoms with Crippen LogP contribution in [-0.4, -0.2) is 51.7 Å². The van der Waals surface area contributed by atoms with Crippen LogP contribution in [0, 0.1) is 10.1 Å². The molecule has 0 atom stereocenters. The van der Waals surface area contributed by atoms with E-state index in [-0.39, 0.29) is 29.3 Å². The van der Waals surface area contributed by atoms with E-state index in [0.717, 1.165) is 42.9 Å². The van der Waals surface area contributed by atoms with E-state index in [9.17, 15) is 19.7 Å². The lowest BCUT2D eigenvalue weighted by Crippen LogP contribution is -2.38. The smallest absolute Gasteiger partial charge is 0.332 e. The van der Waals surface area contributed by atoms with Gasteiger partial charge in [0.2, 0.25) is 0 Å². The quantitative estimate of drug-likeness (QED) is 0.310. The van der Waals surface area contributed by atoms with Crippen LogP contribution in [0.3, 0.4) is 0 Å². The van der Waals surface area contributed by atoms with Gasteiger partial charge in [-0.2, -0.15) is 0 Å². The highest BCUT2D eigenvalue weighted by atomic mass is 35.5. The van der Waals surface area contributed by atoms with Crippen molar-refractivity contribution >= 4 is 29.6 Å². The van der Waals surface area contributed by atoms with E-state index in [4.69, 9.17) is 0 Å². The third-order valence-corrected chi connectivity index (χ3v) is 4.77. The summed E-state index contributed by atoms with van der Waals surface area (Å²) in [5.74, 6) is 0.508. The Morgan fingerprint density at radius 3 is 2.30 bits per heavy atom. The normalized spacial score (nSPS) is 10.5. The van der Waals surface area contributed by atoms with Crippen LogP contribution in [0.4, 0.5) is 17.2 Å². The van der Waals surface area contributed by atoms with Crippen LogP contribution in [-0.2, 0) is 14.1 Å². The number of halogens is 1. The number of nitrogens with one attached hydrogen (secondary N) is 2. The van der Waals surface area contributed by atoms with Crippen molar-refractivity contribution in [3.8, 4) is 0 Å². The molecule has 1 aromatic carbocycles. The zero-order valence-electron chi connectivity index (χ0n) is 17.5. The molecule has 1 heterocycles. The SMILES string of the molecule is CCN(CCCNc1ccc([N+](=O)[O-])cc1)CCNc1cc(=O)n(C)c(=O)n1C.Cl. The number of benzene rings is 1. The zero-order valence-corrected chi connectivity index (χ0v) is 18.3. The number of rotatable bonds is 11. The topological polar surface area (TPSA) is 114 Å². The van der Waals surface area contributed by atoms with E-state index in [1.165, 1.54) is 29.8 Å². The summed E-state index contributed by atoms with van der Waals surface area (Å²) in [5, 5.41) is 17.1. The van der Waals surface area contributed by atoms with E-state index >= 15 is 0 Å². The predicted octanol–water partition coefficient (Wildman–Crippen LogP) is 1.65. The van der Waals surface area contributed by atoms with Crippen molar-refractivity contribution in [1.82, 2.24) is 14.0 Å². The van der Waals surface area contributed by atoms with Gasteiger partial charge >= 0.3 is 5.69 Å². The van der Waals surface area contributed by atoms with Crippen molar-refractivity contribution in [2.45, 2.75) is 13.3 Å². The summed E-state index contributed by atoms with van der Waals surface area (Å²) >= 11 is 0. The van der Waals surface area contributed by atoms with Gasteiger partial charge in [0.25, 0.3) is 11.2 Å². The van der Waals surface area contributed by atoms with Gasteiger partial charge in [0, 0.05) is 57.6 Å². The van der Waals surface area contributed by atoms with E-state index in [2.05, 4.69) is 22.5 Å². The van der Waals surface area contributed by atoms with Gasteiger partial charge in [0.15, 0.2) is 0 Å². The molecular weight excluding hydrogens is 412 g/mol. The highest BCUT2D eigenvalue weighted by molar-refractivity contribution is 5.85. The summed E-state index contributed by atoms with van der Waals surface area (Å²) in [7, 11) is 3.09. The van der Waals surface area contributed by atoms with Gasteiger partial charge in [0.05, 0.1) is 4.92 Å². The number of nitro groups is 1. The summed E-state index contributed by atoms with van der Waals surface area (Å²) < 4.78 is 2.49. The average Bonchev–Trinajstić information content (AvgIpc) is 2.72. The van der Waals surface area contributed by atoms with Crippen molar-refractivity contribution in [3.05, 3.63) is 61.3 Å². The molecule has 0 aliphatic carbocycles. The van der Waals surface area contributed by atoms with E-state index in [1.807, 2.05) is 0 Å². The molecule has 30 heavy (non-hydrogen) atoms. The predicted molar refractivity (Wildman–Crippen MR) is 121 cm³/mol. The average molecular weight is 441 g/mol. The van der Waals surface area contributed by atoms with Crippen molar-refractivity contribution in [1.29, 1.82) is 0 Å². The number of nitro benzene ring substituents is 1. The minimum absolute atomic E-state index is 0. The van der Waals surface area contributed by atoms with Crippen molar-refractivity contribution in [2.24, 2.45) is 14.1 Å². The van der Waals surface area contributed by atoms with Crippen LogP contribution in [0.25, 0.3) is 0 Å². The first-order valence-corrected chi connectivity index (χ1v) is 9.55. The monoisotopic (exact) mass is 440 g/mol. The molecular formula is C19H29ClN6O4. The Labute approximate surface area is 181 Å². The number of hydrogen-bond donors (Lipinski definition) is 2. The molecule has 11 heteroatoms. The Balaban J connectivity index is 0.00000450. The maximum Gasteiger partial charge on any atom is 0.332 e. The molecule has 0 saturated carbocycles. The summed E-state index contributed by atoms with van der Waals surface area (Å²) in [6.45, 7) is 5.99. The van der Waals surface area contributed by atoms with Gasteiger partial charge in [0.1, 0.15) is 5.82 Å². The molecule has 0 unspecified atom stereocenters. The van der Waals surface area contributed by atoms with Gasteiger partial charge in [-0.1, -0.05) is 6.92 Å². The molecule has 0 amide bonds. The standard InChI is InChI=1S/C19H28N6O4.ClH/c1-4-24(12-5-10-20-15-6-8-16(9-7-15)25(28)29)13-11-21-17-14-18(26)23(3)19(27)22(17)2;/h6-9,14,20-21H,4-5,10-13H2,1-3H3;1H. The fourth-order valence-electron chi connectivity index (χ4n) is 2.91. The molecule has 2 aromatic rings. The second kappa shape index (κ2) is 12.0. The van der Waals surface area contributed by atoms with E-state index in [1.54, 1.807) is 19.2 Å². The largest absolute Gasteiger partial charge is 0.385 e. The molecule has 0 bridgehead atoms. The highest BCUT2D eigenvalue weighted by Crippen LogP contribution is 2.15.